The number of aryl methyl sites for hydroxylation is 1. The quantitative estimate of drug-likeness (QED) is 0.737. The number of hydrogen-bond donors (Lipinski definition) is 0. The number of ether oxygens (including phenoxy) is 1. The first-order valence-corrected chi connectivity index (χ1v) is 4.46. The Morgan fingerprint density at radius 1 is 1.36 bits per heavy atom. The van der Waals surface area contributed by atoms with Crippen LogP contribution in [0.1, 0.15) is 18.1 Å². The van der Waals surface area contributed by atoms with Gasteiger partial charge in [0.05, 0.1) is 12.7 Å². The van der Waals surface area contributed by atoms with E-state index in [4.69, 9.17) is 16.3 Å². The molecule has 1 rings (SSSR count). The molecule has 1 nitrogen and oxygen atoms in total. The summed E-state index contributed by atoms with van der Waals surface area (Å²) in [6.45, 7) is 2.50. The van der Waals surface area contributed by atoms with Crippen LogP contribution in [0, 0.1) is 6.92 Å². The van der Waals surface area contributed by atoms with Crippen LogP contribution in [0.5, 0.6) is 5.75 Å². The van der Waals surface area contributed by atoms with Gasteiger partial charge in [-0.15, -0.1) is 0 Å². The zero-order chi connectivity index (χ0) is 10.9. The molecule has 0 saturated carbocycles. The Labute approximate surface area is 86.6 Å². The van der Waals surface area contributed by atoms with Gasteiger partial charge in [-0.1, -0.05) is 11.6 Å². The number of methoxy groups -OCH3 is 1. The van der Waals surface area contributed by atoms with Crippen molar-refractivity contribution in [3.63, 3.8) is 0 Å². The Bertz CT molecular complexity index is 345. The van der Waals surface area contributed by atoms with E-state index in [-0.39, 0.29) is 11.3 Å². The van der Waals surface area contributed by atoms with Gasteiger partial charge in [0.1, 0.15) is 5.75 Å². The van der Waals surface area contributed by atoms with Crippen molar-refractivity contribution in [2.45, 2.75) is 19.8 Å². The van der Waals surface area contributed by atoms with Crippen LogP contribution in [0.25, 0.3) is 0 Å². The Hall–Kier alpha value is -0.830. The minimum atomic E-state index is -2.94. The van der Waals surface area contributed by atoms with Crippen LogP contribution in [-0.4, -0.2) is 7.11 Å². The third-order valence-electron chi connectivity index (χ3n) is 1.92. The lowest BCUT2D eigenvalue weighted by Gasteiger charge is -2.17. The molecular weight excluding hydrogens is 210 g/mol. The molecule has 0 aliphatic carbocycles. The molecule has 0 N–H and O–H groups in total. The molecule has 0 unspecified atom stereocenters. The average Bonchev–Trinajstić information content (AvgIpc) is 2.01. The molecule has 1 aromatic rings. The first-order valence-electron chi connectivity index (χ1n) is 4.08. The fourth-order valence-electron chi connectivity index (χ4n) is 1.33. The molecule has 0 bridgehead atoms. The van der Waals surface area contributed by atoms with Gasteiger partial charge in [0.2, 0.25) is 0 Å². The number of alkyl halides is 2. The molecule has 0 aromatic heterocycles. The summed E-state index contributed by atoms with van der Waals surface area (Å²) >= 11 is 5.70. The van der Waals surface area contributed by atoms with Gasteiger partial charge in [-0.25, -0.2) is 8.78 Å². The first kappa shape index (κ1) is 11.2. The number of rotatable bonds is 2. The minimum Gasteiger partial charge on any atom is -0.496 e. The molecule has 0 radical (unpaired) electrons. The molecule has 0 fully saturated rings. The molecule has 0 aliphatic rings. The van der Waals surface area contributed by atoms with E-state index in [1.165, 1.54) is 13.2 Å². The molecule has 14 heavy (non-hydrogen) atoms. The molecule has 4 heteroatoms. The SMILES string of the molecule is COc1c(C)cc(Cl)cc1C(C)(F)F. The van der Waals surface area contributed by atoms with Crippen molar-refractivity contribution in [3.05, 3.63) is 28.3 Å². The molecule has 0 amide bonds. The topological polar surface area (TPSA) is 9.23 Å². The lowest BCUT2D eigenvalue weighted by Crippen LogP contribution is -2.10. The smallest absolute Gasteiger partial charge is 0.274 e. The maximum atomic E-state index is 13.1. The van der Waals surface area contributed by atoms with E-state index in [0.717, 1.165) is 6.92 Å². The normalized spacial score (nSPS) is 11.6. The highest BCUT2D eigenvalue weighted by atomic mass is 35.5. The lowest BCUT2D eigenvalue weighted by atomic mass is 10.1. The number of halogens is 3. The van der Waals surface area contributed by atoms with Gasteiger partial charge in [-0.2, -0.15) is 0 Å². The van der Waals surface area contributed by atoms with Crippen LogP contribution < -0.4 is 4.74 Å². The van der Waals surface area contributed by atoms with E-state index < -0.39 is 5.92 Å². The zero-order valence-electron chi connectivity index (χ0n) is 8.20. The van der Waals surface area contributed by atoms with E-state index in [0.29, 0.717) is 10.6 Å². The van der Waals surface area contributed by atoms with Gasteiger partial charge in [0, 0.05) is 11.9 Å². The highest BCUT2D eigenvalue weighted by Gasteiger charge is 2.29. The largest absolute Gasteiger partial charge is 0.496 e. The summed E-state index contributed by atoms with van der Waals surface area (Å²) in [5, 5.41) is 0.292. The van der Waals surface area contributed by atoms with Gasteiger partial charge in [-0.3, -0.25) is 0 Å². The van der Waals surface area contributed by atoms with Crippen LogP contribution in [0.2, 0.25) is 5.02 Å². The fraction of sp³-hybridized carbons (Fsp3) is 0.400. The van der Waals surface area contributed by atoms with Crippen molar-refractivity contribution in [1.82, 2.24) is 0 Å². The second kappa shape index (κ2) is 3.73. The van der Waals surface area contributed by atoms with Gasteiger partial charge < -0.3 is 4.74 Å². The average molecular weight is 221 g/mol. The Balaban J connectivity index is 3.40. The highest BCUT2D eigenvalue weighted by Crippen LogP contribution is 2.38. The summed E-state index contributed by atoms with van der Waals surface area (Å²) in [6.07, 6.45) is 0. The first-order chi connectivity index (χ1) is 6.36. The van der Waals surface area contributed by atoms with Crippen molar-refractivity contribution < 1.29 is 13.5 Å². The van der Waals surface area contributed by atoms with Gasteiger partial charge >= 0.3 is 0 Å². The number of benzene rings is 1. The van der Waals surface area contributed by atoms with Crippen LogP contribution in [-0.2, 0) is 5.92 Å². The van der Waals surface area contributed by atoms with Crippen LogP contribution in [0.3, 0.4) is 0 Å². The second-order valence-electron chi connectivity index (χ2n) is 3.19. The summed E-state index contributed by atoms with van der Waals surface area (Å²) in [6, 6.07) is 2.82. The minimum absolute atomic E-state index is 0.176. The van der Waals surface area contributed by atoms with Crippen molar-refractivity contribution >= 4 is 11.6 Å². The molecule has 0 aliphatic heterocycles. The van der Waals surface area contributed by atoms with Gasteiger partial charge in [0.15, 0.2) is 0 Å². The maximum absolute atomic E-state index is 13.1. The van der Waals surface area contributed by atoms with Crippen LogP contribution in [0.4, 0.5) is 8.78 Å². The summed E-state index contributed by atoms with van der Waals surface area (Å²) in [7, 11) is 1.37. The standard InChI is InChI=1S/C10H11ClF2O/c1-6-4-7(11)5-8(9(6)14-3)10(2,12)13/h4-5H,1-3H3. The summed E-state index contributed by atoms with van der Waals surface area (Å²) in [5.41, 5.74) is 0.432. The van der Waals surface area contributed by atoms with Gasteiger partial charge in [-0.05, 0) is 24.6 Å². The molecule has 0 heterocycles. The second-order valence-corrected chi connectivity index (χ2v) is 3.63. The number of hydrogen-bond acceptors (Lipinski definition) is 1. The highest BCUT2D eigenvalue weighted by molar-refractivity contribution is 6.30. The van der Waals surface area contributed by atoms with Crippen LogP contribution in [0.15, 0.2) is 12.1 Å². The van der Waals surface area contributed by atoms with E-state index >= 15 is 0 Å². The predicted octanol–water partition coefficient (Wildman–Crippen LogP) is 3.77. The maximum Gasteiger partial charge on any atom is 0.274 e. The van der Waals surface area contributed by atoms with Crippen molar-refractivity contribution in [2.75, 3.05) is 7.11 Å². The summed E-state index contributed by atoms with van der Waals surface area (Å²) in [5.74, 6) is -2.75. The molecule has 0 spiro atoms. The molecule has 0 atom stereocenters. The van der Waals surface area contributed by atoms with E-state index in [1.54, 1.807) is 13.0 Å². The third kappa shape index (κ3) is 2.15. The molecule has 0 saturated heterocycles. The van der Waals surface area contributed by atoms with E-state index in [9.17, 15) is 8.78 Å². The lowest BCUT2D eigenvalue weighted by molar-refractivity contribution is 0.0150. The molecule has 78 valence electrons. The monoisotopic (exact) mass is 220 g/mol. The summed E-state index contributed by atoms with van der Waals surface area (Å²) in [4.78, 5) is 0. The van der Waals surface area contributed by atoms with E-state index in [2.05, 4.69) is 0 Å². The predicted molar refractivity (Wildman–Crippen MR) is 52.3 cm³/mol. The van der Waals surface area contributed by atoms with Gasteiger partial charge in [0.25, 0.3) is 5.92 Å². The van der Waals surface area contributed by atoms with E-state index in [1.807, 2.05) is 0 Å². The summed E-state index contributed by atoms with van der Waals surface area (Å²) < 4.78 is 31.2. The third-order valence-corrected chi connectivity index (χ3v) is 2.13. The Kier molecular flexibility index (Phi) is 3.00. The zero-order valence-corrected chi connectivity index (χ0v) is 8.95. The van der Waals surface area contributed by atoms with Crippen molar-refractivity contribution in [1.29, 1.82) is 0 Å². The van der Waals surface area contributed by atoms with Crippen molar-refractivity contribution in [3.8, 4) is 5.75 Å². The Morgan fingerprint density at radius 2 is 1.93 bits per heavy atom. The Morgan fingerprint density at radius 3 is 2.36 bits per heavy atom. The van der Waals surface area contributed by atoms with Crippen LogP contribution >= 0.6 is 11.6 Å². The molecular formula is C10H11ClF2O. The van der Waals surface area contributed by atoms with Crippen molar-refractivity contribution in [2.24, 2.45) is 0 Å². The fourth-order valence-corrected chi connectivity index (χ4v) is 1.60. The molecule has 1 aromatic carbocycles.